The lowest BCUT2D eigenvalue weighted by Gasteiger charge is -2.49. The summed E-state index contributed by atoms with van der Waals surface area (Å²) in [6, 6.07) is 9.28. The number of nitrogens with zero attached hydrogens (tertiary/aromatic N) is 2. The van der Waals surface area contributed by atoms with Gasteiger partial charge in [-0.2, -0.15) is 0 Å². The van der Waals surface area contributed by atoms with Crippen molar-refractivity contribution < 1.29 is 24.1 Å². The largest absolute Gasteiger partial charge is 0.468 e. The standard InChI is InChI=1S/C26H42N2O5Si/c1-26(2,3)33-25(30)28-15-20-14-22(23(17-29)24(16-28)27(20)4)19-8-10-21(11-9-19)32-18-31-12-13-34(5,6)7/h8-11,20,24,29H,12-18H2,1-7H3. The summed E-state index contributed by atoms with van der Waals surface area (Å²) in [6.07, 6.45) is 0.479. The van der Waals surface area contributed by atoms with Crippen molar-refractivity contribution in [3.8, 4) is 5.75 Å². The summed E-state index contributed by atoms with van der Waals surface area (Å²) in [5, 5.41) is 10.3. The molecule has 0 aliphatic carbocycles. The Kier molecular flexibility index (Phi) is 8.50. The molecule has 2 aliphatic rings. The highest BCUT2D eigenvalue weighted by Crippen LogP contribution is 2.37. The first-order valence-corrected chi connectivity index (χ1v) is 15.9. The van der Waals surface area contributed by atoms with Gasteiger partial charge in [0.2, 0.25) is 0 Å². The molecule has 1 aromatic rings. The van der Waals surface area contributed by atoms with E-state index in [0.717, 1.165) is 41.5 Å². The van der Waals surface area contributed by atoms with Gasteiger partial charge in [-0.1, -0.05) is 31.8 Å². The van der Waals surface area contributed by atoms with Crippen LogP contribution in [0.25, 0.3) is 5.57 Å². The van der Waals surface area contributed by atoms with Crippen LogP contribution < -0.4 is 4.74 Å². The molecule has 1 N–H and O–H groups in total. The van der Waals surface area contributed by atoms with Crippen LogP contribution in [-0.4, -0.2) is 86.9 Å². The molecule has 0 spiro atoms. The van der Waals surface area contributed by atoms with E-state index < -0.39 is 13.7 Å². The molecule has 2 aliphatic heterocycles. The molecule has 3 rings (SSSR count). The molecule has 1 fully saturated rings. The third kappa shape index (κ3) is 7.07. The van der Waals surface area contributed by atoms with Crippen molar-refractivity contribution >= 4 is 19.7 Å². The Bertz CT molecular complexity index is 873. The van der Waals surface area contributed by atoms with Gasteiger partial charge < -0.3 is 24.2 Å². The summed E-state index contributed by atoms with van der Waals surface area (Å²) >= 11 is 0. The second-order valence-corrected chi connectivity index (χ2v) is 17.2. The van der Waals surface area contributed by atoms with E-state index in [4.69, 9.17) is 14.2 Å². The van der Waals surface area contributed by atoms with Crippen molar-refractivity contribution in [1.82, 2.24) is 9.80 Å². The Hall–Kier alpha value is -1.87. The van der Waals surface area contributed by atoms with E-state index in [2.05, 4.69) is 43.7 Å². The molecule has 2 heterocycles. The third-order valence-corrected chi connectivity index (χ3v) is 8.16. The first kappa shape index (κ1) is 26.7. The minimum atomic E-state index is -1.10. The third-order valence-electron chi connectivity index (χ3n) is 6.45. The van der Waals surface area contributed by atoms with Crippen LogP contribution in [0.5, 0.6) is 5.75 Å². The van der Waals surface area contributed by atoms with Crippen molar-refractivity contribution in [3.63, 3.8) is 0 Å². The monoisotopic (exact) mass is 490 g/mol. The van der Waals surface area contributed by atoms with Crippen LogP contribution >= 0.6 is 0 Å². The van der Waals surface area contributed by atoms with E-state index in [1.807, 2.05) is 32.9 Å². The Morgan fingerprint density at radius 3 is 2.41 bits per heavy atom. The minimum absolute atomic E-state index is 0.0317. The number of hydrogen-bond donors (Lipinski definition) is 1. The average Bonchev–Trinajstić information content (AvgIpc) is 2.72. The van der Waals surface area contributed by atoms with E-state index in [1.165, 1.54) is 0 Å². The SMILES string of the molecule is CN1C2CC(c3ccc(OCOCC[Si](C)(C)C)cc3)=C(CO)C1CN(C(=O)OC(C)(C)C)C2. The van der Waals surface area contributed by atoms with E-state index in [9.17, 15) is 9.90 Å². The fourth-order valence-corrected chi connectivity index (χ4v) is 5.22. The highest BCUT2D eigenvalue weighted by Gasteiger charge is 2.42. The van der Waals surface area contributed by atoms with Crippen molar-refractivity contribution in [1.29, 1.82) is 0 Å². The molecule has 1 amide bonds. The fraction of sp³-hybridized carbons (Fsp3) is 0.654. The Labute approximate surface area is 205 Å². The van der Waals surface area contributed by atoms with Gasteiger partial charge in [0.15, 0.2) is 6.79 Å². The molecular formula is C26H42N2O5Si. The molecule has 1 aromatic carbocycles. The lowest BCUT2D eigenvalue weighted by molar-refractivity contribution is -0.00425. The number of hydrogen-bond acceptors (Lipinski definition) is 6. The molecule has 190 valence electrons. The highest BCUT2D eigenvalue weighted by molar-refractivity contribution is 6.76. The second kappa shape index (κ2) is 10.8. The summed E-state index contributed by atoms with van der Waals surface area (Å²) < 4.78 is 17.0. The number of carbonyl (C=O) groups is 1. The molecule has 1 saturated heterocycles. The zero-order chi connectivity index (χ0) is 25.1. The summed E-state index contributed by atoms with van der Waals surface area (Å²) in [5.74, 6) is 0.770. The van der Waals surface area contributed by atoms with Gasteiger partial charge in [-0.25, -0.2) is 4.79 Å². The van der Waals surface area contributed by atoms with Gasteiger partial charge in [-0.3, -0.25) is 4.90 Å². The number of benzene rings is 1. The molecular weight excluding hydrogens is 448 g/mol. The van der Waals surface area contributed by atoms with Crippen LogP contribution in [-0.2, 0) is 9.47 Å². The van der Waals surface area contributed by atoms with E-state index in [-0.39, 0.29) is 31.6 Å². The maximum Gasteiger partial charge on any atom is 0.410 e. The van der Waals surface area contributed by atoms with Crippen LogP contribution in [0.1, 0.15) is 32.8 Å². The van der Waals surface area contributed by atoms with E-state index in [0.29, 0.717) is 13.1 Å². The lowest BCUT2D eigenvalue weighted by Crippen LogP contribution is -2.61. The van der Waals surface area contributed by atoms with Crippen molar-refractivity contribution in [2.24, 2.45) is 0 Å². The number of ether oxygens (including phenoxy) is 3. The molecule has 0 saturated carbocycles. The lowest BCUT2D eigenvalue weighted by atomic mass is 9.82. The summed E-state index contributed by atoms with van der Waals surface area (Å²) in [7, 11) is 0.979. The molecule has 7 nitrogen and oxygen atoms in total. The van der Waals surface area contributed by atoms with Gasteiger partial charge in [0.25, 0.3) is 0 Å². The molecule has 34 heavy (non-hydrogen) atoms. The molecule has 2 bridgehead atoms. The van der Waals surface area contributed by atoms with E-state index in [1.54, 1.807) is 4.90 Å². The molecule has 0 aromatic heterocycles. The van der Waals surface area contributed by atoms with Crippen LogP contribution in [0.4, 0.5) is 4.79 Å². The van der Waals surface area contributed by atoms with Crippen LogP contribution in [0, 0.1) is 0 Å². The first-order chi connectivity index (χ1) is 15.9. The summed E-state index contributed by atoms with van der Waals surface area (Å²) in [6.45, 7) is 14.7. The topological polar surface area (TPSA) is 71.5 Å². The predicted octanol–water partition coefficient (Wildman–Crippen LogP) is 4.45. The Morgan fingerprint density at radius 1 is 1.15 bits per heavy atom. The number of fused-ring (bicyclic) bond motifs is 2. The smallest absolute Gasteiger partial charge is 0.410 e. The van der Waals surface area contributed by atoms with Crippen molar-refractivity contribution in [3.05, 3.63) is 35.4 Å². The van der Waals surface area contributed by atoms with Crippen molar-refractivity contribution in [2.75, 3.05) is 40.1 Å². The number of likely N-dealkylation sites (N-methyl/N-ethyl adjacent to an activating group) is 1. The Morgan fingerprint density at radius 2 is 1.82 bits per heavy atom. The van der Waals surface area contributed by atoms with Gasteiger partial charge in [-0.05, 0) is 69.1 Å². The maximum atomic E-state index is 12.7. The van der Waals surface area contributed by atoms with Crippen LogP contribution in [0.2, 0.25) is 25.7 Å². The van der Waals surface area contributed by atoms with Crippen molar-refractivity contribution in [2.45, 2.75) is 70.6 Å². The minimum Gasteiger partial charge on any atom is -0.468 e. The summed E-state index contributed by atoms with van der Waals surface area (Å²) in [5.41, 5.74) is 2.69. The van der Waals surface area contributed by atoms with Crippen LogP contribution in [0.3, 0.4) is 0 Å². The maximum absolute atomic E-state index is 12.7. The Balaban J connectivity index is 1.67. The van der Waals surface area contributed by atoms with Gasteiger partial charge in [0, 0.05) is 33.8 Å². The molecule has 0 radical (unpaired) electrons. The molecule has 2 unspecified atom stereocenters. The number of aliphatic hydroxyl groups excluding tert-OH is 1. The number of piperazine rings is 1. The van der Waals surface area contributed by atoms with Gasteiger partial charge in [0.1, 0.15) is 11.4 Å². The van der Waals surface area contributed by atoms with Gasteiger partial charge in [-0.15, -0.1) is 0 Å². The average molecular weight is 491 g/mol. The number of rotatable bonds is 8. The molecule has 8 heteroatoms. The quantitative estimate of drug-likeness (QED) is 0.330. The zero-order valence-corrected chi connectivity index (χ0v) is 22.9. The number of amides is 1. The number of aliphatic hydroxyl groups is 1. The normalized spacial score (nSPS) is 21.6. The predicted molar refractivity (Wildman–Crippen MR) is 138 cm³/mol. The van der Waals surface area contributed by atoms with E-state index >= 15 is 0 Å². The first-order valence-electron chi connectivity index (χ1n) is 12.2. The van der Waals surface area contributed by atoms with Gasteiger partial charge in [0.05, 0.1) is 12.6 Å². The van der Waals surface area contributed by atoms with Crippen LogP contribution in [0.15, 0.2) is 29.8 Å². The van der Waals surface area contributed by atoms with Gasteiger partial charge >= 0.3 is 6.09 Å². The fourth-order valence-electron chi connectivity index (χ4n) is 4.46. The molecule has 2 atom stereocenters. The zero-order valence-electron chi connectivity index (χ0n) is 21.9. The second-order valence-electron chi connectivity index (χ2n) is 11.6. The number of carbonyl (C=O) groups excluding carboxylic acids is 1. The highest BCUT2D eigenvalue weighted by atomic mass is 28.3. The summed E-state index contributed by atoms with van der Waals surface area (Å²) in [4.78, 5) is 16.8.